The van der Waals surface area contributed by atoms with Crippen LogP contribution in [0, 0.1) is 0 Å². The first-order valence-corrected chi connectivity index (χ1v) is 5.75. The maximum atomic E-state index is 12.4. The van der Waals surface area contributed by atoms with Crippen molar-refractivity contribution in [2.45, 2.75) is 12.6 Å². The van der Waals surface area contributed by atoms with Crippen LogP contribution in [0.3, 0.4) is 0 Å². The first-order chi connectivity index (χ1) is 8.97. The highest BCUT2D eigenvalue weighted by Crippen LogP contribution is 2.30. The fourth-order valence-corrected chi connectivity index (χ4v) is 1.75. The average Bonchev–Trinajstić information content (AvgIpc) is 2.39. The number of carbonyl (C=O) groups excluding carboxylic acids is 1. The molecular weight excluding hydrogens is 259 g/mol. The molecule has 1 aliphatic rings. The molecule has 1 amide bonds. The van der Waals surface area contributed by atoms with Crippen LogP contribution in [0.15, 0.2) is 42.0 Å². The van der Waals surface area contributed by atoms with Gasteiger partial charge in [0.25, 0.3) is 0 Å². The van der Waals surface area contributed by atoms with Gasteiger partial charge in [0.2, 0.25) is 0 Å². The molecule has 0 saturated carbocycles. The zero-order valence-corrected chi connectivity index (χ0v) is 9.98. The predicted octanol–water partition coefficient (Wildman–Crippen LogP) is 3.38. The molecule has 0 N–H and O–H groups in total. The third-order valence-electron chi connectivity index (χ3n) is 2.78. The molecule has 0 aromatic heterocycles. The summed E-state index contributed by atoms with van der Waals surface area (Å²) in [5.41, 5.74) is -0.587. The summed E-state index contributed by atoms with van der Waals surface area (Å²) in [5.74, 6) is 0.373. The molecule has 102 valence electrons. The summed E-state index contributed by atoms with van der Waals surface area (Å²) in [4.78, 5) is 13.0. The van der Waals surface area contributed by atoms with Gasteiger partial charge in [-0.25, -0.2) is 4.79 Å². The minimum Gasteiger partial charge on any atom is -0.410 e. The highest BCUT2D eigenvalue weighted by atomic mass is 19.4. The Morgan fingerprint density at radius 3 is 2.42 bits per heavy atom. The lowest BCUT2D eigenvalue weighted by molar-refractivity contribution is -0.0957. The fourth-order valence-electron chi connectivity index (χ4n) is 1.75. The molecule has 0 atom stereocenters. The van der Waals surface area contributed by atoms with Gasteiger partial charge in [-0.1, -0.05) is 24.3 Å². The normalized spacial score (nSPS) is 15.9. The quantitative estimate of drug-likeness (QED) is 0.733. The molecule has 19 heavy (non-hydrogen) atoms. The van der Waals surface area contributed by atoms with E-state index in [2.05, 4.69) is 0 Å². The van der Waals surface area contributed by atoms with Gasteiger partial charge >= 0.3 is 12.3 Å². The van der Waals surface area contributed by atoms with Crippen molar-refractivity contribution in [2.75, 3.05) is 13.1 Å². The van der Waals surface area contributed by atoms with Gasteiger partial charge in [0.05, 0.1) is 0 Å². The van der Waals surface area contributed by atoms with Crippen LogP contribution in [0.25, 0.3) is 0 Å². The number of para-hydroxylation sites is 1. The number of ether oxygens (including phenoxy) is 1. The smallest absolute Gasteiger partial charge is 0.410 e. The van der Waals surface area contributed by atoms with Gasteiger partial charge in [0, 0.05) is 18.7 Å². The van der Waals surface area contributed by atoms with Crippen molar-refractivity contribution >= 4 is 6.09 Å². The van der Waals surface area contributed by atoms with Gasteiger partial charge in [0.1, 0.15) is 5.75 Å². The Balaban J connectivity index is 1.95. The summed E-state index contributed by atoms with van der Waals surface area (Å²) in [6.07, 6.45) is -4.12. The molecule has 0 spiro atoms. The van der Waals surface area contributed by atoms with Crippen LogP contribution in [0.5, 0.6) is 5.75 Å². The molecule has 2 rings (SSSR count). The average molecular weight is 271 g/mol. The van der Waals surface area contributed by atoms with Gasteiger partial charge < -0.3 is 9.64 Å². The predicted molar refractivity (Wildman–Crippen MR) is 62.8 cm³/mol. The van der Waals surface area contributed by atoms with Crippen molar-refractivity contribution in [2.24, 2.45) is 0 Å². The van der Waals surface area contributed by atoms with Crippen molar-refractivity contribution < 1.29 is 22.7 Å². The molecule has 1 aromatic carbocycles. The van der Waals surface area contributed by atoms with Crippen molar-refractivity contribution in [1.29, 1.82) is 0 Å². The van der Waals surface area contributed by atoms with E-state index < -0.39 is 17.8 Å². The summed E-state index contributed by atoms with van der Waals surface area (Å²) in [7, 11) is 0. The summed E-state index contributed by atoms with van der Waals surface area (Å²) < 4.78 is 42.3. The summed E-state index contributed by atoms with van der Waals surface area (Å²) in [5, 5.41) is 0. The van der Waals surface area contributed by atoms with Crippen molar-refractivity contribution in [3.63, 3.8) is 0 Å². The van der Waals surface area contributed by atoms with Crippen molar-refractivity contribution in [1.82, 2.24) is 4.90 Å². The lowest BCUT2D eigenvalue weighted by Gasteiger charge is -2.26. The SMILES string of the molecule is O=C(Oc1ccccc1)N1CC=C(C(F)(F)F)CC1. The minimum absolute atomic E-state index is 0.0109. The second kappa shape index (κ2) is 5.34. The number of rotatable bonds is 1. The van der Waals surface area contributed by atoms with Gasteiger partial charge in [-0.2, -0.15) is 13.2 Å². The fraction of sp³-hybridized carbons (Fsp3) is 0.308. The summed E-state index contributed by atoms with van der Waals surface area (Å²) in [6.45, 7) is -0.0719. The Labute approximate surface area is 108 Å². The molecule has 0 fully saturated rings. The zero-order valence-electron chi connectivity index (χ0n) is 9.98. The van der Waals surface area contributed by atoms with E-state index in [9.17, 15) is 18.0 Å². The second-order valence-electron chi connectivity index (χ2n) is 4.10. The largest absolute Gasteiger partial charge is 0.415 e. The number of halogens is 3. The Morgan fingerprint density at radius 2 is 1.89 bits per heavy atom. The number of hydrogen-bond acceptors (Lipinski definition) is 2. The van der Waals surface area contributed by atoms with Crippen LogP contribution in [0.4, 0.5) is 18.0 Å². The van der Waals surface area contributed by atoms with E-state index in [1.54, 1.807) is 30.3 Å². The molecule has 0 aliphatic carbocycles. The van der Waals surface area contributed by atoms with Crippen molar-refractivity contribution in [3.8, 4) is 5.75 Å². The monoisotopic (exact) mass is 271 g/mol. The molecule has 1 aliphatic heterocycles. The number of nitrogens with zero attached hydrogens (tertiary/aromatic N) is 1. The van der Waals surface area contributed by atoms with Gasteiger partial charge in [-0.3, -0.25) is 0 Å². The Bertz CT molecular complexity index is 482. The number of carbonyl (C=O) groups is 1. The molecule has 3 nitrogen and oxygen atoms in total. The van der Waals surface area contributed by atoms with Crippen LogP contribution in [-0.2, 0) is 0 Å². The third-order valence-corrected chi connectivity index (χ3v) is 2.78. The topological polar surface area (TPSA) is 29.5 Å². The highest BCUT2D eigenvalue weighted by molar-refractivity contribution is 5.71. The van der Waals surface area contributed by atoms with E-state index in [-0.39, 0.29) is 19.5 Å². The van der Waals surface area contributed by atoms with E-state index in [1.165, 1.54) is 4.90 Å². The highest BCUT2D eigenvalue weighted by Gasteiger charge is 2.35. The molecule has 0 unspecified atom stereocenters. The van der Waals surface area contributed by atoms with Gasteiger partial charge in [-0.05, 0) is 18.6 Å². The first kappa shape index (κ1) is 13.5. The molecule has 0 radical (unpaired) electrons. The number of alkyl halides is 3. The molecular formula is C13H12F3NO2. The lowest BCUT2D eigenvalue weighted by atomic mass is 10.1. The Morgan fingerprint density at radius 1 is 1.21 bits per heavy atom. The van der Waals surface area contributed by atoms with E-state index in [0.717, 1.165) is 6.08 Å². The molecule has 0 saturated heterocycles. The van der Waals surface area contributed by atoms with E-state index in [1.807, 2.05) is 0 Å². The Hall–Kier alpha value is -1.98. The van der Waals surface area contributed by atoms with Crippen LogP contribution >= 0.6 is 0 Å². The zero-order chi connectivity index (χ0) is 13.9. The Kier molecular flexibility index (Phi) is 3.78. The maximum absolute atomic E-state index is 12.4. The van der Waals surface area contributed by atoms with Crippen LogP contribution in [0.1, 0.15) is 6.42 Å². The number of amides is 1. The minimum atomic E-state index is -4.31. The van der Waals surface area contributed by atoms with Gasteiger partial charge in [-0.15, -0.1) is 0 Å². The third kappa shape index (κ3) is 3.49. The first-order valence-electron chi connectivity index (χ1n) is 5.75. The van der Waals surface area contributed by atoms with Crippen molar-refractivity contribution in [3.05, 3.63) is 42.0 Å². The number of benzene rings is 1. The molecule has 1 heterocycles. The summed E-state index contributed by atoms with van der Waals surface area (Å²) >= 11 is 0. The van der Waals surface area contributed by atoms with Gasteiger partial charge in [0.15, 0.2) is 0 Å². The van der Waals surface area contributed by atoms with E-state index in [4.69, 9.17) is 4.74 Å². The maximum Gasteiger partial charge on any atom is 0.415 e. The lowest BCUT2D eigenvalue weighted by Crippen LogP contribution is -2.38. The second-order valence-corrected chi connectivity index (χ2v) is 4.10. The van der Waals surface area contributed by atoms with Crippen LogP contribution < -0.4 is 4.74 Å². The molecule has 6 heteroatoms. The standard InChI is InChI=1S/C13H12F3NO2/c14-13(15,16)10-6-8-17(9-7-10)12(18)19-11-4-2-1-3-5-11/h1-6H,7-9H2. The molecule has 1 aromatic rings. The van der Waals surface area contributed by atoms with E-state index in [0.29, 0.717) is 5.75 Å². The number of hydrogen-bond donors (Lipinski definition) is 0. The van der Waals surface area contributed by atoms with Crippen LogP contribution in [-0.4, -0.2) is 30.3 Å². The van der Waals surface area contributed by atoms with E-state index >= 15 is 0 Å². The molecule has 0 bridgehead atoms. The van der Waals surface area contributed by atoms with Crippen LogP contribution in [0.2, 0.25) is 0 Å². The summed E-state index contributed by atoms with van der Waals surface area (Å²) in [6, 6.07) is 8.41.